The summed E-state index contributed by atoms with van der Waals surface area (Å²) in [5.41, 5.74) is 0.619. The molecule has 2 rings (SSSR count). The molecule has 26 heavy (non-hydrogen) atoms. The molecule has 0 unspecified atom stereocenters. The van der Waals surface area contributed by atoms with E-state index in [9.17, 15) is 18.4 Å². The van der Waals surface area contributed by atoms with Gasteiger partial charge in [0.15, 0.2) is 0 Å². The van der Waals surface area contributed by atoms with E-state index < -0.39 is 18.5 Å². The number of halogens is 2. The van der Waals surface area contributed by atoms with Crippen molar-refractivity contribution in [3.05, 3.63) is 59.7 Å². The molecule has 1 N–H and O–H groups in total. The maximum Gasteiger partial charge on any atom is 0.387 e. The van der Waals surface area contributed by atoms with E-state index in [4.69, 9.17) is 9.47 Å². The molecule has 0 fully saturated rings. The zero-order valence-electron chi connectivity index (χ0n) is 13.9. The Hall–Kier alpha value is -3.16. The quantitative estimate of drug-likeness (QED) is 0.728. The van der Waals surface area contributed by atoms with E-state index in [2.05, 4.69) is 10.1 Å². The number of carbonyl (C=O) groups excluding carboxylic acids is 2. The first kappa shape index (κ1) is 19.2. The van der Waals surface area contributed by atoms with Gasteiger partial charge in [-0.15, -0.1) is 0 Å². The summed E-state index contributed by atoms with van der Waals surface area (Å²) in [4.78, 5) is 23.7. The Balaban J connectivity index is 1.85. The van der Waals surface area contributed by atoms with Gasteiger partial charge >= 0.3 is 12.6 Å². The summed E-state index contributed by atoms with van der Waals surface area (Å²) >= 11 is 0. The smallest absolute Gasteiger partial charge is 0.387 e. The monoisotopic (exact) mass is 365 g/mol. The van der Waals surface area contributed by atoms with Crippen molar-refractivity contribution < 1.29 is 32.6 Å². The number of ether oxygens (including phenoxy) is 3. The second-order valence-electron chi connectivity index (χ2n) is 5.06. The maximum absolute atomic E-state index is 12.3. The number of alkyl halides is 2. The van der Waals surface area contributed by atoms with Crippen molar-refractivity contribution >= 4 is 11.9 Å². The third kappa shape index (κ3) is 5.73. The van der Waals surface area contributed by atoms with Crippen LogP contribution in [0.5, 0.6) is 11.5 Å². The number of para-hydroxylation sites is 1. The normalized spacial score (nSPS) is 10.3. The van der Waals surface area contributed by atoms with E-state index in [-0.39, 0.29) is 18.9 Å². The van der Waals surface area contributed by atoms with Crippen LogP contribution in [0.1, 0.15) is 15.9 Å². The molecule has 0 heterocycles. The standard InChI is InChI=1S/C18H17F2NO5/c1-24-14-7-4-6-12(9-14)17(23)21-10-16(22)25-11-13-5-2-3-8-15(13)26-18(19)20/h2-9,18H,10-11H2,1H3,(H,21,23). The van der Waals surface area contributed by atoms with Crippen LogP contribution in [-0.2, 0) is 16.1 Å². The van der Waals surface area contributed by atoms with Crippen molar-refractivity contribution in [1.29, 1.82) is 0 Å². The van der Waals surface area contributed by atoms with Crippen molar-refractivity contribution in [2.75, 3.05) is 13.7 Å². The van der Waals surface area contributed by atoms with Gasteiger partial charge in [-0.2, -0.15) is 8.78 Å². The highest BCUT2D eigenvalue weighted by molar-refractivity contribution is 5.96. The van der Waals surface area contributed by atoms with Crippen LogP contribution >= 0.6 is 0 Å². The number of carbonyl (C=O) groups is 2. The Morgan fingerprint density at radius 3 is 2.62 bits per heavy atom. The van der Waals surface area contributed by atoms with Crippen LogP contribution in [0.15, 0.2) is 48.5 Å². The molecule has 2 aromatic rings. The van der Waals surface area contributed by atoms with Gasteiger partial charge in [-0.1, -0.05) is 24.3 Å². The second-order valence-corrected chi connectivity index (χ2v) is 5.06. The molecule has 8 heteroatoms. The molecule has 0 saturated heterocycles. The summed E-state index contributed by atoms with van der Waals surface area (Å²) in [6, 6.07) is 12.4. The Morgan fingerprint density at radius 2 is 1.88 bits per heavy atom. The third-order valence-corrected chi connectivity index (χ3v) is 3.30. The molecule has 0 aliphatic heterocycles. The average molecular weight is 365 g/mol. The van der Waals surface area contributed by atoms with E-state index in [0.717, 1.165) is 0 Å². The number of rotatable bonds is 8. The van der Waals surface area contributed by atoms with Crippen molar-refractivity contribution in [3.8, 4) is 11.5 Å². The third-order valence-electron chi connectivity index (χ3n) is 3.30. The fraction of sp³-hybridized carbons (Fsp3) is 0.222. The van der Waals surface area contributed by atoms with E-state index in [1.54, 1.807) is 24.3 Å². The van der Waals surface area contributed by atoms with Crippen LogP contribution in [-0.4, -0.2) is 32.1 Å². The van der Waals surface area contributed by atoms with E-state index in [1.165, 1.54) is 31.4 Å². The van der Waals surface area contributed by atoms with Crippen LogP contribution in [0, 0.1) is 0 Å². The van der Waals surface area contributed by atoms with Crippen molar-refractivity contribution in [3.63, 3.8) is 0 Å². The van der Waals surface area contributed by atoms with Crippen LogP contribution in [0.4, 0.5) is 8.78 Å². The minimum Gasteiger partial charge on any atom is -0.497 e. The van der Waals surface area contributed by atoms with E-state index in [1.807, 2.05) is 0 Å². The number of hydrogen-bond donors (Lipinski definition) is 1. The number of nitrogens with one attached hydrogen (secondary N) is 1. The van der Waals surface area contributed by atoms with Gasteiger partial charge in [-0.05, 0) is 24.3 Å². The summed E-state index contributed by atoms with van der Waals surface area (Å²) in [6.07, 6.45) is 0. The fourth-order valence-electron chi connectivity index (χ4n) is 2.06. The van der Waals surface area contributed by atoms with Crippen LogP contribution in [0.2, 0.25) is 0 Å². The lowest BCUT2D eigenvalue weighted by Crippen LogP contribution is -2.30. The SMILES string of the molecule is COc1cccc(C(=O)NCC(=O)OCc2ccccc2OC(F)F)c1. The highest BCUT2D eigenvalue weighted by Crippen LogP contribution is 2.21. The first-order valence-electron chi connectivity index (χ1n) is 7.60. The lowest BCUT2D eigenvalue weighted by atomic mass is 10.2. The van der Waals surface area contributed by atoms with Gasteiger partial charge in [-0.25, -0.2) is 0 Å². The molecule has 0 atom stereocenters. The van der Waals surface area contributed by atoms with Gasteiger partial charge in [-0.3, -0.25) is 9.59 Å². The maximum atomic E-state index is 12.3. The molecule has 6 nitrogen and oxygen atoms in total. The van der Waals surface area contributed by atoms with Crippen molar-refractivity contribution in [2.24, 2.45) is 0 Å². The number of amides is 1. The predicted octanol–water partition coefficient (Wildman–Crippen LogP) is 2.77. The molecular weight excluding hydrogens is 348 g/mol. The molecule has 0 aliphatic rings. The molecule has 0 bridgehead atoms. The minimum absolute atomic E-state index is 0.0734. The van der Waals surface area contributed by atoms with E-state index in [0.29, 0.717) is 16.9 Å². The highest BCUT2D eigenvalue weighted by Gasteiger charge is 2.13. The zero-order valence-corrected chi connectivity index (χ0v) is 13.9. The largest absolute Gasteiger partial charge is 0.497 e. The number of benzene rings is 2. The van der Waals surface area contributed by atoms with Crippen LogP contribution in [0.25, 0.3) is 0 Å². The van der Waals surface area contributed by atoms with Crippen LogP contribution in [0.3, 0.4) is 0 Å². The fourth-order valence-corrected chi connectivity index (χ4v) is 2.06. The Bertz CT molecular complexity index is 767. The van der Waals surface area contributed by atoms with E-state index >= 15 is 0 Å². The van der Waals surface area contributed by atoms with Crippen molar-refractivity contribution in [2.45, 2.75) is 13.2 Å². The van der Waals surface area contributed by atoms with Crippen LogP contribution < -0.4 is 14.8 Å². The Morgan fingerprint density at radius 1 is 1.12 bits per heavy atom. The molecule has 0 radical (unpaired) electrons. The summed E-state index contributed by atoms with van der Waals surface area (Å²) in [7, 11) is 1.48. The molecular formula is C18H17F2NO5. The van der Waals surface area contributed by atoms with Gasteiger partial charge in [0.05, 0.1) is 7.11 Å². The zero-order chi connectivity index (χ0) is 18.9. The topological polar surface area (TPSA) is 73.9 Å². The molecule has 0 spiro atoms. The van der Waals surface area contributed by atoms with Gasteiger partial charge in [0.2, 0.25) is 0 Å². The summed E-state index contributed by atoms with van der Waals surface area (Å²) in [5.74, 6) is -0.748. The van der Waals surface area contributed by atoms with Gasteiger partial charge < -0.3 is 19.5 Å². The summed E-state index contributed by atoms with van der Waals surface area (Å²) in [5, 5.41) is 2.41. The van der Waals surface area contributed by atoms with Crippen molar-refractivity contribution in [1.82, 2.24) is 5.32 Å². The summed E-state index contributed by atoms with van der Waals surface area (Å²) < 4.78 is 39.0. The molecule has 0 aliphatic carbocycles. The van der Waals surface area contributed by atoms with Gasteiger partial charge in [0.1, 0.15) is 24.7 Å². The number of esters is 1. The average Bonchev–Trinajstić information content (AvgIpc) is 2.65. The highest BCUT2D eigenvalue weighted by atomic mass is 19.3. The predicted molar refractivity (Wildman–Crippen MR) is 88.2 cm³/mol. The molecule has 0 saturated carbocycles. The lowest BCUT2D eigenvalue weighted by Gasteiger charge is -2.11. The number of methoxy groups -OCH3 is 1. The summed E-state index contributed by atoms with van der Waals surface area (Å²) in [6.45, 7) is -3.60. The Kier molecular flexibility index (Phi) is 6.90. The second kappa shape index (κ2) is 9.36. The molecule has 138 valence electrons. The molecule has 1 amide bonds. The first-order valence-corrected chi connectivity index (χ1v) is 7.60. The molecule has 2 aromatic carbocycles. The number of hydrogen-bond acceptors (Lipinski definition) is 5. The van der Waals surface area contributed by atoms with Gasteiger partial charge in [0.25, 0.3) is 5.91 Å². The Labute approximate surface area is 148 Å². The minimum atomic E-state index is -2.98. The van der Waals surface area contributed by atoms with Gasteiger partial charge in [0, 0.05) is 11.1 Å². The first-order chi connectivity index (χ1) is 12.5. The lowest BCUT2D eigenvalue weighted by molar-refractivity contribution is -0.143. The molecule has 0 aromatic heterocycles.